The molecule has 0 fully saturated rings. The van der Waals surface area contributed by atoms with Gasteiger partial charge in [-0.05, 0) is 58.5 Å². The summed E-state index contributed by atoms with van der Waals surface area (Å²) in [6.07, 6.45) is 1.18. The second kappa shape index (κ2) is 5.93. The lowest BCUT2D eigenvalue weighted by atomic mass is 9.80. The fourth-order valence-corrected chi connectivity index (χ4v) is 4.89. The number of hydroxylamine groups is 1. The smallest absolute Gasteiger partial charge is 0.291 e. The number of nitrogens with one attached hydrogen (secondary N) is 2. The molecule has 0 saturated heterocycles. The molecule has 128 valence electrons. The fraction of sp³-hybridized carbons (Fsp3) is 0.250. The van der Waals surface area contributed by atoms with E-state index in [0.717, 1.165) is 16.5 Å². The molecule has 1 aromatic heterocycles. The van der Waals surface area contributed by atoms with Crippen LogP contribution in [0.15, 0.2) is 47.4 Å². The van der Waals surface area contributed by atoms with E-state index in [1.54, 1.807) is 11.5 Å². The Bertz CT molecular complexity index is 975. The number of rotatable bonds is 2. The number of fused-ring (bicyclic) bond motifs is 2. The van der Waals surface area contributed by atoms with Gasteiger partial charge >= 0.3 is 0 Å². The lowest BCUT2D eigenvalue weighted by Gasteiger charge is -2.32. The average Bonchev–Trinajstić information content (AvgIpc) is 3.04. The number of carbonyl (C=O) groups is 1. The van der Waals surface area contributed by atoms with Crippen LogP contribution in [-0.2, 0) is 5.41 Å². The molecular formula is C20H20N2O2S. The highest BCUT2D eigenvalue weighted by Crippen LogP contribution is 2.43. The molecule has 0 unspecified atom stereocenters. The van der Waals surface area contributed by atoms with E-state index < -0.39 is 5.91 Å². The Morgan fingerprint density at radius 2 is 1.92 bits per heavy atom. The van der Waals surface area contributed by atoms with Crippen LogP contribution in [0, 0.1) is 0 Å². The van der Waals surface area contributed by atoms with E-state index in [0.29, 0.717) is 5.69 Å². The Balaban J connectivity index is 1.78. The third-order valence-corrected chi connectivity index (χ3v) is 6.07. The van der Waals surface area contributed by atoms with Crippen molar-refractivity contribution in [1.82, 2.24) is 10.5 Å². The minimum atomic E-state index is -0.537. The summed E-state index contributed by atoms with van der Waals surface area (Å²) in [7, 11) is 0. The van der Waals surface area contributed by atoms with Gasteiger partial charge in [-0.2, -0.15) is 0 Å². The largest absolute Gasteiger partial charge is 0.350 e. The molecule has 2 aromatic carbocycles. The Hall–Kier alpha value is -2.24. The first-order valence-corrected chi connectivity index (χ1v) is 9.31. The number of hydrogen-bond acceptors (Lipinski definition) is 3. The molecule has 4 rings (SSSR count). The molecule has 5 heteroatoms. The van der Waals surface area contributed by atoms with Crippen molar-refractivity contribution in [2.24, 2.45) is 0 Å². The molecule has 0 saturated carbocycles. The van der Waals surface area contributed by atoms with Crippen molar-refractivity contribution < 1.29 is 10.0 Å². The Labute approximate surface area is 150 Å². The number of amides is 1. The third-order valence-electron chi connectivity index (χ3n) is 5.00. The highest BCUT2D eigenvalue weighted by Gasteiger charge is 2.28. The first-order chi connectivity index (χ1) is 12.0. The molecule has 2 heterocycles. The molecule has 1 aliphatic heterocycles. The van der Waals surface area contributed by atoms with Gasteiger partial charge in [0.1, 0.15) is 5.69 Å². The predicted molar refractivity (Wildman–Crippen MR) is 101 cm³/mol. The molecule has 0 spiro atoms. The summed E-state index contributed by atoms with van der Waals surface area (Å²) in [4.78, 5) is 16.0. The number of carbonyl (C=O) groups excluding carboxylic acids is 1. The SMILES string of the molecule is CC1(C)CCSc2ccc(-c3ccc4cc(C(=O)NO)[nH]c4c3)cc21. The maximum Gasteiger partial charge on any atom is 0.291 e. The average molecular weight is 352 g/mol. The van der Waals surface area contributed by atoms with E-state index in [-0.39, 0.29) is 5.41 Å². The van der Waals surface area contributed by atoms with E-state index in [1.165, 1.54) is 28.2 Å². The van der Waals surface area contributed by atoms with Crippen LogP contribution in [0.1, 0.15) is 36.3 Å². The van der Waals surface area contributed by atoms with Crippen LogP contribution in [0.5, 0.6) is 0 Å². The van der Waals surface area contributed by atoms with Crippen molar-refractivity contribution in [2.75, 3.05) is 5.75 Å². The third kappa shape index (κ3) is 2.83. The molecule has 3 aromatic rings. The van der Waals surface area contributed by atoms with E-state index in [9.17, 15) is 4.79 Å². The maximum atomic E-state index is 11.6. The van der Waals surface area contributed by atoms with Gasteiger partial charge < -0.3 is 4.98 Å². The van der Waals surface area contributed by atoms with Crippen molar-refractivity contribution in [3.05, 3.63) is 53.7 Å². The summed E-state index contributed by atoms with van der Waals surface area (Å²) in [5.41, 5.74) is 6.78. The molecule has 0 aliphatic carbocycles. The first kappa shape index (κ1) is 16.2. The zero-order chi connectivity index (χ0) is 17.6. The van der Waals surface area contributed by atoms with Crippen LogP contribution in [0.4, 0.5) is 0 Å². The molecule has 0 bridgehead atoms. The highest BCUT2D eigenvalue weighted by atomic mass is 32.2. The topological polar surface area (TPSA) is 65.1 Å². The molecule has 4 nitrogen and oxygen atoms in total. The summed E-state index contributed by atoms with van der Waals surface area (Å²) in [5, 5.41) is 9.73. The van der Waals surface area contributed by atoms with E-state index >= 15 is 0 Å². The standard InChI is InChI=1S/C20H20N2O2S/c1-20(2)7-8-25-18-6-5-12(9-15(18)20)13-3-4-14-11-17(19(23)22-24)21-16(14)10-13/h3-6,9-11,21,24H,7-8H2,1-2H3,(H,22,23). The van der Waals surface area contributed by atoms with Gasteiger partial charge in [-0.3, -0.25) is 10.0 Å². The molecule has 0 radical (unpaired) electrons. The minimum Gasteiger partial charge on any atom is -0.350 e. The number of thioether (sulfide) groups is 1. The quantitative estimate of drug-likeness (QED) is 0.461. The van der Waals surface area contributed by atoms with Crippen molar-refractivity contribution >= 4 is 28.6 Å². The van der Waals surface area contributed by atoms with Gasteiger partial charge in [-0.15, -0.1) is 11.8 Å². The number of hydrogen-bond donors (Lipinski definition) is 3. The zero-order valence-corrected chi connectivity index (χ0v) is 15.0. The summed E-state index contributed by atoms with van der Waals surface area (Å²) in [6.45, 7) is 4.62. The number of benzene rings is 2. The Morgan fingerprint density at radius 3 is 2.72 bits per heavy atom. The van der Waals surface area contributed by atoms with Crippen molar-refractivity contribution in [1.29, 1.82) is 0 Å². The molecular weight excluding hydrogens is 332 g/mol. The number of aromatic amines is 1. The maximum absolute atomic E-state index is 11.6. The predicted octanol–water partition coefficient (Wildman–Crippen LogP) is 4.73. The summed E-state index contributed by atoms with van der Waals surface area (Å²) in [6, 6.07) is 14.5. The molecule has 25 heavy (non-hydrogen) atoms. The molecule has 1 amide bonds. The highest BCUT2D eigenvalue weighted by molar-refractivity contribution is 7.99. The van der Waals surface area contributed by atoms with Gasteiger partial charge in [-0.1, -0.05) is 32.0 Å². The molecule has 0 atom stereocenters. The zero-order valence-electron chi connectivity index (χ0n) is 14.2. The van der Waals surface area contributed by atoms with Gasteiger partial charge in [0.2, 0.25) is 0 Å². The van der Waals surface area contributed by atoms with E-state index in [2.05, 4.69) is 43.1 Å². The Morgan fingerprint density at radius 1 is 1.16 bits per heavy atom. The molecule has 1 aliphatic rings. The molecule has 3 N–H and O–H groups in total. The summed E-state index contributed by atoms with van der Waals surface area (Å²) < 4.78 is 0. The Kier molecular flexibility index (Phi) is 3.85. The van der Waals surface area contributed by atoms with Crippen LogP contribution in [-0.4, -0.2) is 21.9 Å². The lowest BCUT2D eigenvalue weighted by molar-refractivity contribution is 0.0701. The van der Waals surface area contributed by atoms with Gasteiger partial charge in [0, 0.05) is 15.8 Å². The summed E-state index contributed by atoms with van der Waals surface area (Å²) >= 11 is 1.93. The van der Waals surface area contributed by atoms with Gasteiger partial charge in [0.15, 0.2) is 0 Å². The van der Waals surface area contributed by atoms with E-state index in [1.807, 2.05) is 23.9 Å². The second-order valence-electron chi connectivity index (χ2n) is 7.12. The summed E-state index contributed by atoms with van der Waals surface area (Å²) in [5.74, 6) is 0.633. The van der Waals surface area contributed by atoms with Crippen LogP contribution < -0.4 is 5.48 Å². The fourth-order valence-electron chi connectivity index (χ4n) is 3.40. The minimum absolute atomic E-state index is 0.194. The first-order valence-electron chi connectivity index (χ1n) is 8.33. The lowest BCUT2D eigenvalue weighted by Crippen LogP contribution is -2.22. The van der Waals surface area contributed by atoms with Gasteiger partial charge in [-0.25, -0.2) is 5.48 Å². The normalized spacial score (nSPS) is 15.8. The number of aromatic nitrogens is 1. The van der Waals surface area contributed by atoms with Crippen molar-refractivity contribution in [3.8, 4) is 11.1 Å². The van der Waals surface area contributed by atoms with Crippen LogP contribution in [0.25, 0.3) is 22.0 Å². The second-order valence-corrected chi connectivity index (χ2v) is 8.26. The van der Waals surface area contributed by atoms with Crippen molar-refractivity contribution in [2.45, 2.75) is 30.6 Å². The van der Waals surface area contributed by atoms with Gasteiger partial charge in [0.05, 0.1) is 0 Å². The van der Waals surface area contributed by atoms with E-state index in [4.69, 9.17) is 5.21 Å². The number of H-pyrrole nitrogens is 1. The van der Waals surface area contributed by atoms with Crippen molar-refractivity contribution in [3.63, 3.8) is 0 Å². The monoisotopic (exact) mass is 352 g/mol. The van der Waals surface area contributed by atoms with Crippen LogP contribution >= 0.6 is 11.8 Å². The van der Waals surface area contributed by atoms with Gasteiger partial charge in [0.25, 0.3) is 5.91 Å². The van der Waals surface area contributed by atoms with Crippen LogP contribution in [0.2, 0.25) is 0 Å². The van der Waals surface area contributed by atoms with Crippen LogP contribution in [0.3, 0.4) is 0 Å².